The fourth-order valence-corrected chi connectivity index (χ4v) is 3.95. The van der Waals surface area contributed by atoms with Crippen molar-refractivity contribution in [2.24, 2.45) is 0 Å². The molecule has 20 heavy (non-hydrogen) atoms. The van der Waals surface area contributed by atoms with Gasteiger partial charge in [-0.1, -0.05) is 15.9 Å². The quantitative estimate of drug-likeness (QED) is 0.634. The average molecular weight is 422 g/mol. The third-order valence-corrected chi connectivity index (χ3v) is 5.74. The smallest absolute Gasteiger partial charge is 0.133 e. The van der Waals surface area contributed by atoms with E-state index in [1.807, 2.05) is 23.6 Å². The summed E-state index contributed by atoms with van der Waals surface area (Å²) in [6.07, 6.45) is 0. The minimum absolute atomic E-state index is 0.0216. The van der Waals surface area contributed by atoms with Crippen LogP contribution in [0.5, 0.6) is 17.2 Å². The molecule has 0 aliphatic heterocycles. The van der Waals surface area contributed by atoms with Crippen molar-refractivity contribution in [3.8, 4) is 17.2 Å². The molecule has 0 bridgehead atoms. The summed E-state index contributed by atoms with van der Waals surface area (Å²) in [6.45, 7) is 0. The lowest BCUT2D eigenvalue weighted by Crippen LogP contribution is -1.97. The monoisotopic (exact) mass is 420 g/mol. The summed E-state index contributed by atoms with van der Waals surface area (Å²) in [4.78, 5) is 1.16. The van der Waals surface area contributed by atoms with E-state index in [1.165, 1.54) is 0 Å². The minimum atomic E-state index is 0.0216. The molecule has 1 heterocycles. The fourth-order valence-electron chi connectivity index (χ4n) is 1.81. The predicted octanol–water partition coefficient (Wildman–Crippen LogP) is 5.02. The third-order valence-electron chi connectivity index (χ3n) is 2.86. The first-order valence-electron chi connectivity index (χ1n) is 5.78. The van der Waals surface area contributed by atoms with E-state index in [0.29, 0.717) is 0 Å². The molecule has 0 aliphatic rings. The zero-order valence-electron chi connectivity index (χ0n) is 11.3. The molecule has 2 rings (SSSR count). The van der Waals surface area contributed by atoms with Crippen molar-refractivity contribution in [3.63, 3.8) is 0 Å². The first-order chi connectivity index (χ1) is 9.60. The fraction of sp³-hybridized carbons (Fsp3) is 0.286. The Morgan fingerprint density at radius 2 is 1.70 bits per heavy atom. The molecule has 1 unspecified atom stereocenters. The number of hydrogen-bond acceptors (Lipinski definition) is 4. The summed E-state index contributed by atoms with van der Waals surface area (Å²) in [5, 5.41) is 1.98. The molecule has 3 nitrogen and oxygen atoms in total. The molecule has 6 heteroatoms. The zero-order valence-corrected chi connectivity index (χ0v) is 15.3. The number of methoxy groups -OCH3 is 3. The van der Waals surface area contributed by atoms with Gasteiger partial charge in [-0.2, -0.15) is 0 Å². The van der Waals surface area contributed by atoms with E-state index in [-0.39, 0.29) is 4.83 Å². The van der Waals surface area contributed by atoms with Crippen molar-refractivity contribution >= 4 is 43.2 Å². The predicted molar refractivity (Wildman–Crippen MR) is 88.9 cm³/mol. The minimum Gasteiger partial charge on any atom is -0.496 e. The Balaban J connectivity index is 2.44. The molecule has 2 aromatic rings. The van der Waals surface area contributed by atoms with Gasteiger partial charge in [0.25, 0.3) is 0 Å². The molecule has 108 valence electrons. The molecule has 0 saturated carbocycles. The molecular weight excluding hydrogens is 408 g/mol. The summed E-state index contributed by atoms with van der Waals surface area (Å²) in [5.74, 6) is 2.43. The lowest BCUT2D eigenvalue weighted by molar-refractivity contribution is 0.397. The molecule has 0 amide bonds. The molecule has 0 saturated heterocycles. The summed E-state index contributed by atoms with van der Waals surface area (Å²) in [5.41, 5.74) is 1.01. The Hall–Kier alpha value is -0.720. The molecule has 1 aromatic carbocycles. The molecule has 0 N–H and O–H groups in total. The van der Waals surface area contributed by atoms with Crippen molar-refractivity contribution in [2.75, 3.05) is 21.3 Å². The molecular formula is C14H14Br2O3S. The van der Waals surface area contributed by atoms with Gasteiger partial charge in [0.15, 0.2) is 0 Å². The van der Waals surface area contributed by atoms with Crippen molar-refractivity contribution in [1.29, 1.82) is 0 Å². The first-order valence-corrected chi connectivity index (χ1v) is 8.37. The standard InChI is InChI=1S/C14H14Br2O3S/c1-17-8-4-13(20-7-8)14(16)9-5-12(19-3)10(15)6-11(9)18-2/h4-7,14H,1-3H3. The summed E-state index contributed by atoms with van der Waals surface area (Å²) >= 11 is 8.82. The molecule has 0 spiro atoms. The van der Waals surface area contributed by atoms with E-state index in [9.17, 15) is 0 Å². The number of thiophene rings is 1. The van der Waals surface area contributed by atoms with Gasteiger partial charge in [0, 0.05) is 15.8 Å². The highest BCUT2D eigenvalue weighted by Gasteiger charge is 2.20. The summed E-state index contributed by atoms with van der Waals surface area (Å²) in [6, 6.07) is 5.89. The third kappa shape index (κ3) is 3.13. The number of alkyl halides is 1. The van der Waals surface area contributed by atoms with Gasteiger partial charge in [0.2, 0.25) is 0 Å². The van der Waals surface area contributed by atoms with E-state index in [2.05, 4.69) is 31.9 Å². The number of rotatable bonds is 5. The van der Waals surface area contributed by atoms with E-state index < -0.39 is 0 Å². The zero-order chi connectivity index (χ0) is 14.7. The van der Waals surface area contributed by atoms with Gasteiger partial charge in [-0.05, 0) is 34.1 Å². The van der Waals surface area contributed by atoms with Crippen molar-refractivity contribution in [1.82, 2.24) is 0 Å². The normalized spacial score (nSPS) is 12.1. The average Bonchev–Trinajstić information content (AvgIpc) is 2.95. The van der Waals surface area contributed by atoms with Crippen LogP contribution < -0.4 is 14.2 Å². The van der Waals surface area contributed by atoms with Gasteiger partial charge in [-0.3, -0.25) is 0 Å². The van der Waals surface area contributed by atoms with Crippen LogP contribution in [-0.4, -0.2) is 21.3 Å². The van der Waals surface area contributed by atoms with Gasteiger partial charge < -0.3 is 14.2 Å². The van der Waals surface area contributed by atoms with E-state index in [1.54, 1.807) is 32.7 Å². The van der Waals surface area contributed by atoms with E-state index in [0.717, 1.165) is 32.2 Å². The molecule has 0 radical (unpaired) electrons. The highest BCUT2D eigenvalue weighted by Crippen LogP contribution is 2.44. The van der Waals surface area contributed by atoms with Crippen LogP contribution in [-0.2, 0) is 0 Å². The second-order valence-corrected chi connectivity index (χ2v) is 6.69. The Morgan fingerprint density at radius 1 is 1.00 bits per heavy atom. The lowest BCUT2D eigenvalue weighted by Gasteiger charge is -2.15. The number of halogens is 2. The van der Waals surface area contributed by atoms with Crippen LogP contribution in [0.25, 0.3) is 0 Å². The Labute approximate surface area is 139 Å². The lowest BCUT2D eigenvalue weighted by atomic mass is 10.1. The van der Waals surface area contributed by atoms with Crippen molar-refractivity contribution in [3.05, 3.63) is 38.5 Å². The highest BCUT2D eigenvalue weighted by molar-refractivity contribution is 9.10. The molecule has 1 atom stereocenters. The van der Waals surface area contributed by atoms with Crippen LogP contribution >= 0.6 is 43.2 Å². The first kappa shape index (κ1) is 15.7. The maximum absolute atomic E-state index is 5.46. The topological polar surface area (TPSA) is 27.7 Å². The molecule has 1 aromatic heterocycles. The number of hydrogen-bond donors (Lipinski definition) is 0. The second kappa shape index (κ2) is 6.83. The van der Waals surface area contributed by atoms with Gasteiger partial charge in [0.05, 0.1) is 30.6 Å². The number of benzene rings is 1. The second-order valence-electron chi connectivity index (χ2n) is 3.98. The van der Waals surface area contributed by atoms with Gasteiger partial charge >= 0.3 is 0 Å². The maximum atomic E-state index is 5.46. The SMILES string of the molecule is COc1csc(C(Br)c2cc(OC)c(Br)cc2OC)c1. The van der Waals surface area contributed by atoms with Crippen LogP contribution in [0, 0.1) is 0 Å². The van der Waals surface area contributed by atoms with Crippen molar-refractivity contribution < 1.29 is 14.2 Å². The van der Waals surface area contributed by atoms with Crippen LogP contribution in [0.3, 0.4) is 0 Å². The summed E-state index contributed by atoms with van der Waals surface area (Å²) in [7, 11) is 4.97. The van der Waals surface area contributed by atoms with E-state index in [4.69, 9.17) is 14.2 Å². The van der Waals surface area contributed by atoms with Gasteiger partial charge in [-0.15, -0.1) is 11.3 Å². The van der Waals surface area contributed by atoms with Crippen LogP contribution in [0.15, 0.2) is 28.1 Å². The number of ether oxygens (including phenoxy) is 3. The maximum Gasteiger partial charge on any atom is 0.133 e. The van der Waals surface area contributed by atoms with Crippen LogP contribution in [0.4, 0.5) is 0 Å². The van der Waals surface area contributed by atoms with E-state index >= 15 is 0 Å². The Bertz CT molecular complexity index is 598. The summed E-state index contributed by atoms with van der Waals surface area (Å²) < 4.78 is 16.9. The Morgan fingerprint density at radius 3 is 2.25 bits per heavy atom. The Kier molecular flexibility index (Phi) is 5.35. The largest absolute Gasteiger partial charge is 0.496 e. The molecule has 0 fully saturated rings. The highest BCUT2D eigenvalue weighted by atomic mass is 79.9. The van der Waals surface area contributed by atoms with Crippen molar-refractivity contribution in [2.45, 2.75) is 4.83 Å². The van der Waals surface area contributed by atoms with Gasteiger partial charge in [0.1, 0.15) is 17.2 Å². The molecule has 0 aliphatic carbocycles. The van der Waals surface area contributed by atoms with Gasteiger partial charge in [-0.25, -0.2) is 0 Å². The van der Waals surface area contributed by atoms with Crippen LogP contribution in [0.2, 0.25) is 0 Å². The van der Waals surface area contributed by atoms with Crippen LogP contribution in [0.1, 0.15) is 15.3 Å².